The zero-order valence-corrected chi connectivity index (χ0v) is 15.3. The van der Waals surface area contributed by atoms with Crippen LogP contribution in [0.5, 0.6) is 0 Å². The zero-order valence-electron chi connectivity index (χ0n) is 15.3. The van der Waals surface area contributed by atoms with Crippen LogP contribution in [0.4, 0.5) is 10.5 Å². The Kier molecular flexibility index (Phi) is 6.44. The van der Waals surface area contributed by atoms with E-state index >= 15 is 0 Å². The molecule has 0 fully saturated rings. The molecule has 138 valence electrons. The average molecular weight is 356 g/mol. The lowest BCUT2D eigenvalue weighted by molar-refractivity contribution is -0.123. The highest BCUT2D eigenvalue weighted by atomic mass is 16.6. The Morgan fingerprint density at radius 3 is 2.50 bits per heavy atom. The van der Waals surface area contributed by atoms with Crippen molar-refractivity contribution in [3.05, 3.63) is 42.1 Å². The van der Waals surface area contributed by atoms with Crippen LogP contribution >= 0.6 is 0 Å². The SMILES string of the molecule is CC(C)(C)OC(=O)Nc1ccc(CCC(=O)CC2C=NC=CC2=O)cc1. The lowest BCUT2D eigenvalue weighted by Gasteiger charge is -2.19. The molecule has 1 aromatic rings. The minimum Gasteiger partial charge on any atom is -0.444 e. The number of nitrogens with one attached hydrogen (secondary N) is 1. The van der Waals surface area contributed by atoms with Crippen LogP contribution in [0.1, 0.15) is 39.2 Å². The molecule has 1 atom stereocenters. The van der Waals surface area contributed by atoms with Crippen molar-refractivity contribution >= 4 is 29.6 Å². The number of carbonyl (C=O) groups excluding carboxylic acids is 3. The van der Waals surface area contributed by atoms with Crippen LogP contribution in [0.15, 0.2) is 41.5 Å². The molecule has 1 aliphatic heterocycles. The minimum absolute atomic E-state index is 0.0288. The number of aryl methyl sites for hydroxylation is 1. The second-order valence-electron chi connectivity index (χ2n) is 7.19. The van der Waals surface area contributed by atoms with Crippen molar-refractivity contribution in [1.82, 2.24) is 0 Å². The lowest BCUT2D eigenvalue weighted by Crippen LogP contribution is -2.27. The highest BCUT2D eigenvalue weighted by Gasteiger charge is 2.19. The summed E-state index contributed by atoms with van der Waals surface area (Å²) in [5.74, 6) is -0.486. The molecule has 2 rings (SSSR count). The van der Waals surface area contributed by atoms with Crippen LogP contribution in [-0.2, 0) is 20.7 Å². The standard InChI is InChI=1S/C20H24N2O4/c1-20(2,3)26-19(25)22-16-7-4-14(5-8-16)6-9-17(23)12-15-13-21-11-10-18(15)24/h4-5,7-8,10-11,13,15H,6,9,12H2,1-3H3,(H,22,25). The first-order chi connectivity index (χ1) is 12.2. The second-order valence-corrected chi connectivity index (χ2v) is 7.19. The quantitative estimate of drug-likeness (QED) is 0.842. The number of Topliss-reactive ketones (excluding diaryl/α,β-unsaturated/α-hetero) is 1. The summed E-state index contributed by atoms with van der Waals surface area (Å²) >= 11 is 0. The van der Waals surface area contributed by atoms with Gasteiger partial charge in [0.05, 0.1) is 5.92 Å². The number of carbonyl (C=O) groups is 3. The zero-order chi connectivity index (χ0) is 19.2. The van der Waals surface area contributed by atoms with Crippen molar-refractivity contribution in [2.75, 3.05) is 5.32 Å². The highest BCUT2D eigenvalue weighted by molar-refractivity contribution is 6.06. The first-order valence-corrected chi connectivity index (χ1v) is 8.57. The molecule has 1 aliphatic rings. The smallest absolute Gasteiger partial charge is 0.412 e. The van der Waals surface area contributed by atoms with E-state index in [2.05, 4.69) is 10.3 Å². The van der Waals surface area contributed by atoms with Crippen molar-refractivity contribution < 1.29 is 19.1 Å². The molecule has 26 heavy (non-hydrogen) atoms. The summed E-state index contributed by atoms with van der Waals surface area (Å²) in [6.07, 6.45) is 4.99. The Bertz CT molecular complexity index is 727. The van der Waals surface area contributed by atoms with E-state index in [1.807, 2.05) is 12.1 Å². The van der Waals surface area contributed by atoms with E-state index in [-0.39, 0.29) is 18.0 Å². The molecular formula is C20H24N2O4. The van der Waals surface area contributed by atoms with E-state index in [1.54, 1.807) is 32.9 Å². The minimum atomic E-state index is -0.551. The van der Waals surface area contributed by atoms with Gasteiger partial charge in [-0.05, 0) is 44.9 Å². The first kappa shape index (κ1) is 19.6. The second kappa shape index (κ2) is 8.56. The van der Waals surface area contributed by atoms with Crippen molar-refractivity contribution in [2.24, 2.45) is 10.9 Å². The van der Waals surface area contributed by atoms with Gasteiger partial charge in [-0.25, -0.2) is 4.79 Å². The number of rotatable bonds is 6. The Balaban J connectivity index is 1.79. The van der Waals surface area contributed by atoms with E-state index in [1.165, 1.54) is 18.5 Å². The summed E-state index contributed by atoms with van der Waals surface area (Å²) in [6.45, 7) is 5.40. The van der Waals surface area contributed by atoms with Gasteiger partial charge in [0.1, 0.15) is 11.4 Å². The fraction of sp³-hybridized carbons (Fsp3) is 0.400. The number of hydrogen-bond acceptors (Lipinski definition) is 5. The molecule has 1 N–H and O–H groups in total. The van der Waals surface area contributed by atoms with E-state index in [9.17, 15) is 14.4 Å². The molecule has 6 heteroatoms. The van der Waals surface area contributed by atoms with Crippen molar-refractivity contribution in [3.63, 3.8) is 0 Å². The van der Waals surface area contributed by atoms with Crippen LogP contribution < -0.4 is 5.32 Å². The molecule has 0 spiro atoms. The molecule has 0 aliphatic carbocycles. The molecule has 0 radical (unpaired) electrons. The van der Waals surface area contributed by atoms with E-state index in [0.29, 0.717) is 18.5 Å². The van der Waals surface area contributed by atoms with Gasteiger partial charge in [0.15, 0.2) is 5.78 Å². The van der Waals surface area contributed by atoms with Gasteiger partial charge in [-0.2, -0.15) is 0 Å². The van der Waals surface area contributed by atoms with E-state index in [0.717, 1.165) is 5.56 Å². The number of benzene rings is 1. The van der Waals surface area contributed by atoms with Crippen LogP contribution in [0, 0.1) is 5.92 Å². The van der Waals surface area contributed by atoms with Crippen molar-refractivity contribution in [1.29, 1.82) is 0 Å². The van der Waals surface area contributed by atoms with Gasteiger partial charge in [-0.15, -0.1) is 0 Å². The summed E-state index contributed by atoms with van der Waals surface area (Å²) in [5.41, 5.74) is 1.06. The van der Waals surface area contributed by atoms with Crippen LogP contribution in [0.3, 0.4) is 0 Å². The molecule has 6 nitrogen and oxygen atoms in total. The molecular weight excluding hydrogens is 332 g/mol. The Morgan fingerprint density at radius 1 is 1.19 bits per heavy atom. The number of aliphatic imine (C=N–C) groups is 1. The summed E-state index contributed by atoms with van der Waals surface area (Å²) in [6, 6.07) is 7.25. The highest BCUT2D eigenvalue weighted by Crippen LogP contribution is 2.15. The van der Waals surface area contributed by atoms with E-state index < -0.39 is 17.6 Å². The van der Waals surface area contributed by atoms with Gasteiger partial charge in [-0.3, -0.25) is 19.9 Å². The van der Waals surface area contributed by atoms with Crippen LogP contribution in [-0.4, -0.2) is 29.5 Å². The molecule has 0 bridgehead atoms. The predicted octanol–water partition coefficient (Wildman–Crippen LogP) is 3.71. The number of anilines is 1. The van der Waals surface area contributed by atoms with Crippen LogP contribution in [0.2, 0.25) is 0 Å². The molecule has 0 saturated carbocycles. The number of hydrogen-bond donors (Lipinski definition) is 1. The monoisotopic (exact) mass is 356 g/mol. The average Bonchev–Trinajstić information content (AvgIpc) is 2.54. The molecule has 0 saturated heterocycles. The molecule has 1 amide bonds. The maximum absolute atomic E-state index is 12.1. The number of ketones is 2. The van der Waals surface area contributed by atoms with E-state index in [4.69, 9.17) is 4.74 Å². The summed E-state index contributed by atoms with van der Waals surface area (Å²) in [7, 11) is 0. The Morgan fingerprint density at radius 2 is 1.88 bits per heavy atom. The third-order valence-electron chi connectivity index (χ3n) is 3.70. The third-order valence-corrected chi connectivity index (χ3v) is 3.70. The maximum Gasteiger partial charge on any atom is 0.412 e. The van der Waals surface area contributed by atoms with Gasteiger partial charge < -0.3 is 4.74 Å². The Hall–Kier alpha value is -2.76. The van der Waals surface area contributed by atoms with Gasteiger partial charge in [-0.1, -0.05) is 12.1 Å². The lowest BCUT2D eigenvalue weighted by atomic mass is 9.95. The largest absolute Gasteiger partial charge is 0.444 e. The number of ether oxygens (including phenoxy) is 1. The summed E-state index contributed by atoms with van der Waals surface area (Å²) in [5, 5.41) is 2.66. The predicted molar refractivity (Wildman–Crippen MR) is 100 cm³/mol. The normalized spacial score (nSPS) is 16.4. The van der Waals surface area contributed by atoms with Crippen LogP contribution in [0.25, 0.3) is 0 Å². The third kappa shape index (κ3) is 6.63. The molecule has 1 unspecified atom stereocenters. The number of nitrogens with zero attached hydrogens (tertiary/aromatic N) is 1. The number of amides is 1. The van der Waals surface area contributed by atoms with Gasteiger partial charge >= 0.3 is 6.09 Å². The topological polar surface area (TPSA) is 84.8 Å². The van der Waals surface area contributed by atoms with Crippen molar-refractivity contribution in [3.8, 4) is 0 Å². The maximum atomic E-state index is 12.1. The Labute approximate surface area is 153 Å². The molecule has 0 aromatic heterocycles. The molecule has 1 heterocycles. The fourth-order valence-electron chi connectivity index (χ4n) is 2.43. The van der Waals surface area contributed by atoms with Gasteiger partial charge in [0.2, 0.25) is 0 Å². The van der Waals surface area contributed by atoms with Gasteiger partial charge in [0, 0.05) is 37.0 Å². The van der Waals surface area contributed by atoms with Gasteiger partial charge in [0.25, 0.3) is 0 Å². The fourth-order valence-corrected chi connectivity index (χ4v) is 2.43. The summed E-state index contributed by atoms with van der Waals surface area (Å²) < 4.78 is 5.19. The van der Waals surface area contributed by atoms with Crippen molar-refractivity contribution in [2.45, 2.75) is 45.6 Å². The summed E-state index contributed by atoms with van der Waals surface area (Å²) in [4.78, 5) is 39.3. The first-order valence-electron chi connectivity index (χ1n) is 8.57. The number of allylic oxidation sites excluding steroid dienone is 1. The molecule has 1 aromatic carbocycles.